The van der Waals surface area contributed by atoms with E-state index in [1.165, 1.54) is 54.0 Å². The second-order valence-electron chi connectivity index (χ2n) is 17.7. The molecule has 0 N–H and O–H groups in total. The van der Waals surface area contributed by atoms with Crippen molar-refractivity contribution in [3.63, 3.8) is 0 Å². The van der Waals surface area contributed by atoms with Crippen molar-refractivity contribution in [2.45, 2.75) is 25.2 Å². The Kier molecular flexibility index (Phi) is 10.1. The van der Waals surface area contributed by atoms with Gasteiger partial charge in [-0.2, -0.15) is 0 Å². The zero-order valence-electron chi connectivity index (χ0n) is 36.3. The summed E-state index contributed by atoms with van der Waals surface area (Å²) in [5, 5.41) is 7.72. The molecule has 0 radical (unpaired) electrons. The van der Waals surface area contributed by atoms with Gasteiger partial charge in [-0.1, -0.05) is 214 Å². The lowest BCUT2D eigenvalue weighted by molar-refractivity contribution is 0.395. The highest BCUT2D eigenvalue weighted by Gasteiger charge is 2.48. The van der Waals surface area contributed by atoms with E-state index in [1.807, 2.05) is 0 Å². The molecular formula is C61H50N2Si. The van der Waals surface area contributed by atoms with Crippen LogP contribution in [0.3, 0.4) is 0 Å². The van der Waals surface area contributed by atoms with Crippen molar-refractivity contribution in [2.24, 2.45) is 5.92 Å². The van der Waals surface area contributed by atoms with Crippen LogP contribution in [-0.2, 0) is 5.41 Å². The van der Waals surface area contributed by atoms with Gasteiger partial charge in [-0.3, -0.25) is 0 Å². The fraction of sp³-hybridized carbons (Fsp3) is 0.0820. The first-order chi connectivity index (χ1) is 31.5. The fourth-order valence-corrected chi connectivity index (χ4v) is 16.0. The van der Waals surface area contributed by atoms with E-state index in [-0.39, 0.29) is 5.41 Å². The summed E-state index contributed by atoms with van der Waals surface area (Å²) >= 11 is 0. The third kappa shape index (κ3) is 6.46. The summed E-state index contributed by atoms with van der Waals surface area (Å²) in [6, 6.07) is 85.8. The maximum Gasteiger partial charge on any atom is 0.181 e. The lowest BCUT2D eigenvalue weighted by atomic mass is 9.74. The highest BCUT2D eigenvalue weighted by atomic mass is 28.3. The van der Waals surface area contributed by atoms with Gasteiger partial charge in [-0.15, -0.1) is 0 Å². The molecule has 308 valence electrons. The van der Waals surface area contributed by atoms with Gasteiger partial charge in [-0.25, -0.2) is 0 Å². The van der Waals surface area contributed by atoms with Crippen LogP contribution in [-0.4, -0.2) is 8.07 Å². The van der Waals surface area contributed by atoms with Crippen molar-refractivity contribution in [1.82, 2.24) is 0 Å². The van der Waals surface area contributed by atoms with Gasteiger partial charge < -0.3 is 9.80 Å². The van der Waals surface area contributed by atoms with Crippen LogP contribution in [0.1, 0.15) is 30.9 Å². The molecule has 2 aliphatic rings. The van der Waals surface area contributed by atoms with Crippen LogP contribution in [0.5, 0.6) is 0 Å². The number of hydrogen-bond acceptors (Lipinski definition) is 2. The largest absolute Gasteiger partial charge is 0.310 e. The summed E-state index contributed by atoms with van der Waals surface area (Å²) in [6.07, 6.45) is 9.32. The van der Waals surface area contributed by atoms with Crippen molar-refractivity contribution in [1.29, 1.82) is 0 Å². The van der Waals surface area contributed by atoms with E-state index in [0.717, 1.165) is 22.7 Å². The minimum absolute atomic E-state index is 0.107. The number of allylic oxidation sites excluding steroid dienone is 4. The Bertz CT molecular complexity index is 3110. The molecule has 0 amide bonds. The molecule has 64 heavy (non-hydrogen) atoms. The molecule has 0 aromatic heterocycles. The molecule has 2 aliphatic carbocycles. The molecule has 0 bridgehead atoms. The van der Waals surface area contributed by atoms with Crippen molar-refractivity contribution in [3.05, 3.63) is 266 Å². The van der Waals surface area contributed by atoms with E-state index in [0.29, 0.717) is 11.8 Å². The molecule has 11 rings (SSSR count). The standard InChI is InChI=1S/C61H50N2Si/c1-61(2)55-39-18-17-37-53(55)54-38-23-42-58(60(54)61)63(47-28-9-4-10-29-47)57-40-19-20-43-59(57)64(49-31-11-5-12-32-49,50-33-13-6-14-34-50)51-35-22-30-48(44-51)62(46-26-7-3-8-27-46)56-41-21-25-45-24-15-16-36-52(45)56/h3-44,53,55H,1-2H3. The Morgan fingerprint density at radius 3 is 1.62 bits per heavy atom. The van der Waals surface area contributed by atoms with Crippen LogP contribution in [0, 0.1) is 5.92 Å². The van der Waals surface area contributed by atoms with Crippen molar-refractivity contribution in [2.75, 3.05) is 9.80 Å². The summed E-state index contributed by atoms with van der Waals surface area (Å²) in [7, 11) is -3.19. The van der Waals surface area contributed by atoms with E-state index in [4.69, 9.17) is 0 Å². The number of nitrogens with zero attached hydrogens (tertiary/aromatic N) is 2. The smallest absolute Gasteiger partial charge is 0.181 e. The zero-order valence-corrected chi connectivity index (χ0v) is 37.3. The maximum absolute atomic E-state index is 3.19. The highest BCUT2D eigenvalue weighted by molar-refractivity contribution is 7.20. The third-order valence-corrected chi connectivity index (χ3v) is 18.6. The first-order valence-electron chi connectivity index (χ1n) is 22.5. The predicted octanol–water partition coefficient (Wildman–Crippen LogP) is 13.3. The molecule has 2 nitrogen and oxygen atoms in total. The van der Waals surface area contributed by atoms with E-state index in [2.05, 4.69) is 278 Å². The Morgan fingerprint density at radius 2 is 0.906 bits per heavy atom. The first-order valence-corrected chi connectivity index (χ1v) is 24.5. The van der Waals surface area contributed by atoms with Crippen LogP contribution in [0.2, 0.25) is 0 Å². The number of fused-ring (bicyclic) bond motifs is 4. The Labute approximate surface area is 378 Å². The Balaban J connectivity index is 1.21. The summed E-state index contributed by atoms with van der Waals surface area (Å²) in [6.45, 7) is 4.90. The van der Waals surface area contributed by atoms with E-state index in [9.17, 15) is 0 Å². The molecule has 3 heteroatoms. The van der Waals surface area contributed by atoms with Gasteiger partial charge >= 0.3 is 0 Å². The van der Waals surface area contributed by atoms with Gasteiger partial charge in [0.15, 0.2) is 8.07 Å². The van der Waals surface area contributed by atoms with Crippen molar-refractivity contribution >= 4 is 73.7 Å². The summed E-state index contributed by atoms with van der Waals surface area (Å²) in [5.74, 6) is 0.711. The SMILES string of the molecule is CC1(C)c2c(cccc2N(c2ccccc2)c2ccccc2[Si](c2ccccc2)(c2ccccc2)c2cccc(N(c3ccccc3)c3cccc4ccccc34)c2)C2C=CC=CC21. The van der Waals surface area contributed by atoms with E-state index in [1.54, 1.807) is 0 Å². The number of rotatable bonds is 10. The van der Waals surface area contributed by atoms with Crippen LogP contribution < -0.4 is 30.5 Å². The topological polar surface area (TPSA) is 6.48 Å². The highest BCUT2D eigenvalue weighted by Crippen LogP contribution is 2.57. The lowest BCUT2D eigenvalue weighted by Gasteiger charge is -2.40. The van der Waals surface area contributed by atoms with Gasteiger partial charge in [0.1, 0.15) is 0 Å². The van der Waals surface area contributed by atoms with E-state index >= 15 is 0 Å². The molecule has 9 aromatic carbocycles. The molecule has 0 aliphatic heterocycles. The Morgan fingerprint density at radius 1 is 0.406 bits per heavy atom. The van der Waals surface area contributed by atoms with Gasteiger partial charge in [0.25, 0.3) is 0 Å². The number of para-hydroxylation sites is 3. The monoisotopic (exact) mass is 838 g/mol. The lowest BCUT2D eigenvalue weighted by Crippen LogP contribution is -2.75. The summed E-state index contributed by atoms with van der Waals surface area (Å²) in [5.41, 5.74) is 9.68. The van der Waals surface area contributed by atoms with Gasteiger partial charge in [0.2, 0.25) is 0 Å². The molecule has 0 saturated carbocycles. The van der Waals surface area contributed by atoms with E-state index < -0.39 is 8.07 Å². The minimum Gasteiger partial charge on any atom is -0.310 e. The number of benzene rings is 9. The third-order valence-electron chi connectivity index (χ3n) is 13.8. The first kappa shape index (κ1) is 39.4. The number of hydrogen-bond donors (Lipinski definition) is 0. The zero-order chi connectivity index (χ0) is 43.1. The van der Waals surface area contributed by atoms with Gasteiger partial charge in [-0.05, 0) is 103 Å². The average Bonchev–Trinajstić information content (AvgIpc) is 3.60. The van der Waals surface area contributed by atoms with Crippen LogP contribution >= 0.6 is 0 Å². The maximum atomic E-state index is 2.59. The molecule has 2 unspecified atom stereocenters. The fourth-order valence-electron chi connectivity index (χ4n) is 11.1. The van der Waals surface area contributed by atoms with Crippen molar-refractivity contribution in [3.8, 4) is 0 Å². The molecule has 0 spiro atoms. The quantitative estimate of drug-likeness (QED) is 0.1000. The molecule has 2 atom stereocenters. The summed E-state index contributed by atoms with van der Waals surface area (Å²) < 4.78 is 0. The Hall–Kier alpha value is -7.46. The van der Waals surface area contributed by atoms with Crippen LogP contribution in [0.4, 0.5) is 34.1 Å². The molecular weight excluding hydrogens is 789 g/mol. The predicted molar refractivity (Wildman–Crippen MR) is 274 cm³/mol. The molecule has 0 fully saturated rings. The van der Waals surface area contributed by atoms with Crippen molar-refractivity contribution < 1.29 is 0 Å². The van der Waals surface area contributed by atoms with Crippen LogP contribution in [0.25, 0.3) is 10.8 Å². The molecule has 0 heterocycles. The summed E-state index contributed by atoms with van der Waals surface area (Å²) in [4.78, 5) is 5.03. The second-order valence-corrected chi connectivity index (χ2v) is 21.4. The van der Waals surface area contributed by atoms with Gasteiger partial charge in [0, 0.05) is 34.1 Å². The normalized spacial score (nSPS) is 16.0. The van der Waals surface area contributed by atoms with Gasteiger partial charge in [0.05, 0.1) is 11.4 Å². The van der Waals surface area contributed by atoms with Crippen LogP contribution in [0.15, 0.2) is 255 Å². The average molecular weight is 839 g/mol. The second kappa shape index (κ2) is 16.3. The molecule has 0 saturated heterocycles. The minimum atomic E-state index is -3.19. The number of anilines is 6. The molecule has 9 aromatic rings.